The van der Waals surface area contributed by atoms with Gasteiger partial charge in [-0.25, -0.2) is 0 Å². The molecule has 1 heterocycles. The van der Waals surface area contributed by atoms with Crippen LogP contribution in [0.5, 0.6) is 0 Å². The van der Waals surface area contributed by atoms with Crippen molar-refractivity contribution in [1.29, 1.82) is 0 Å². The number of nitrogens with one attached hydrogen (secondary N) is 4. The van der Waals surface area contributed by atoms with E-state index in [2.05, 4.69) is 21.3 Å². The quantitative estimate of drug-likeness (QED) is 0.0165. The first-order chi connectivity index (χ1) is 33.1. The Kier molecular flexibility index (Phi) is 30.1. The van der Waals surface area contributed by atoms with Crippen LogP contribution in [0.2, 0.25) is 24.2 Å². The van der Waals surface area contributed by atoms with E-state index in [1.165, 1.54) is 0 Å². The fourth-order valence-corrected chi connectivity index (χ4v) is 30.2. The van der Waals surface area contributed by atoms with E-state index in [-0.39, 0.29) is 129 Å². The summed E-state index contributed by atoms with van der Waals surface area (Å²) in [6.45, 7) is 28.5. The van der Waals surface area contributed by atoms with E-state index in [0.29, 0.717) is 0 Å². The van der Waals surface area contributed by atoms with Gasteiger partial charge >= 0.3 is 65.6 Å². The van der Waals surface area contributed by atoms with E-state index in [4.69, 9.17) is 52.7 Å². The van der Waals surface area contributed by atoms with Gasteiger partial charge < -0.3 is 93.1 Å². The molecule has 0 radical (unpaired) electrons. The summed E-state index contributed by atoms with van der Waals surface area (Å²) in [6, 6.07) is -1.08. The average Bonchev–Trinajstić information content (AvgIpc) is 3.24. The molecule has 0 aromatic carbocycles. The van der Waals surface area contributed by atoms with Crippen LogP contribution in [0.25, 0.3) is 0 Å². The van der Waals surface area contributed by atoms with Crippen LogP contribution in [-0.2, 0) is 70.9 Å². The molecule has 0 aromatic heterocycles. The van der Waals surface area contributed by atoms with Gasteiger partial charge in [-0.05, 0) is 163 Å². The van der Waals surface area contributed by atoms with Crippen LogP contribution >= 0.6 is 30.4 Å². The number of hydrogen-bond donors (Lipinski definition) is 8. The van der Waals surface area contributed by atoms with Crippen molar-refractivity contribution >= 4 is 65.6 Å². The van der Waals surface area contributed by atoms with Crippen molar-refractivity contribution < 1.29 is 90.1 Å². The third kappa shape index (κ3) is 20.9. The Balaban J connectivity index is 3.78. The lowest BCUT2D eigenvalue weighted by atomic mass is 10.3. The van der Waals surface area contributed by atoms with E-state index in [1.54, 1.807) is 111 Å². The summed E-state index contributed by atoms with van der Waals surface area (Å²) in [4.78, 5) is 50.1. The first-order valence-electron chi connectivity index (χ1n) is 25.4. The molecule has 1 rings (SSSR count). The molecule has 0 spiro atoms. The van der Waals surface area contributed by atoms with Gasteiger partial charge in [-0.3, -0.25) is 18.3 Å². The van der Waals surface area contributed by atoms with E-state index in [0.717, 1.165) is 0 Å². The molecule has 32 heteroatoms. The monoisotopic (exact) mass is 1190 g/mol. The van der Waals surface area contributed by atoms with Crippen LogP contribution < -0.4 is 21.3 Å². The Labute approximate surface area is 436 Å². The Morgan fingerprint density at radius 1 is 0.333 bits per heavy atom. The second kappa shape index (κ2) is 30.5. The third-order valence-corrected chi connectivity index (χ3v) is 36.4. The lowest BCUT2D eigenvalue weighted by Gasteiger charge is -2.45. The summed E-state index contributed by atoms with van der Waals surface area (Å²) in [5.41, 5.74) is 0. The zero-order chi connectivity index (χ0) is 55.5. The van der Waals surface area contributed by atoms with Gasteiger partial charge in [0.25, 0.3) is 0 Å². The Bertz CT molecular complexity index is 1500. The zero-order valence-electron chi connectivity index (χ0n) is 46.3. The topological polar surface area (TPSA) is 308 Å². The molecular weight excluding hydrogens is 1090 g/mol. The van der Waals surface area contributed by atoms with Crippen LogP contribution in [0.4, 0.5) is 0 Å². The standard InChI is InChI=1S/C40H96N4O20P4Si4/c1-17-53-65(45,54-18-2)37(9,10)41-29-25-33-69(49)61-70(50,34-26-30-42-38(11,12)66(46,55-19-3)56-20-4)63-72(52,36-28-32-44-40(15,16)68(48,59-23-7)60-24-8)64-71(51,62-69)35-27-31-43-39(13,14)67(47,57-21-5)58-22-6/h41-44,49-52H,17-36H2,1-16H3. The Morgan fingerprint density at radius 2 is 0.472 bits per heavy atom. The molecule has 1 aliphatic heterocycles. The predicted molar refractivity (Wildman–Crippen MR) is 286 cm³/mol. The van der Waals surface area contributed by atoms with Crippen molar-refractivity contribution in [3.63, 3.8) is 0 Å². The summed E-state index contributed by atoms with van der Waals surface area (Å²) in [5.74, 6) is 0. The van der Waals surface area contributed by atoms with Crippen molar-refractivity contribution in [2.75, 3.05) is 79.0 Å². The van der Waals surface area contributed by atoms with Crippen LogP contribution in [-0.4, -0.2) is 155 Å². The zero-order valence-corrected chi connectivity index (χ0v) is 53.8. The number of hydrogen-bond acceptors (Lipinski definition) is 24. The van der Waals surface area contributed by atoms with Crippen molar-refractivity contribution in [1.82, 2.24) is 21.3 Å². The van der Waals surface area contributed by atoms with Gasteiger partial charge in [-0.1, -0.05) is 0 Å². The second-order valence-corrected chi connectivity index (χ2v) is 40.4. The highest BCUT2D eigenvalue weighted by Crippen LogP contribution is 2.61. The van der Waals surface area contributed by atoms with Crippen molar-refractivity contribution in [2.24, 2.45) is 0 Å². The van der Waals surface area contributed by atoms with Crippen molar-refractivity contribution in [2.45, 2.75) is 182 Å². The lowest BCUT2D eigenvalue weighted by Crippen LogP contribution is -2.71. The molecule has 432 valence electrons. The maximum atomic E-state index is 13.8. The first kappa shape index (κ1) is 71.0. The smallest absolute Gasteiger partial charge is 0.391 e. The van der Waals surface area contributed by atoms with E-state index in [1.807, 2.05) is 0 Å². The highest BCUT2D eigenvalue weighted by molar-refractivity contribution is 7.56. The largest absolute Gasteiger partial charge is 0.483 e. The van der Waals surface area contributed by atoms with Crippen LogP contribution in [0.3, 0.4) is 0 Å². The average molecular weight is 1190 g/mol. The van der Waals surface area contributed by atoms with Gasteiger partial charge in [0.05, 0.1) is 52.9 Å². The normalized spacial score (nSPS) is 23.6. The van der Waals surface area contributed by atoms with Crippen molar-refractivity contribution in [3.05, 3.63) is 0 Å². The van der Waals surface area contributed by atoms with Gasteiger partial charge in [0.1, 0.15) is 21.1 Å². The molecule has 0 saturated carbocycles. The van der Waals surface area contributed by atoms with Gasteiger partial charge in [-0.15, -0.1) is 0 Å². The minimum Gasteiger partial charge on any atom is -0.391 e. The highest BCUT2D eigenvalue weighted by atomic mass is 31.2. The molecule has 0 amide bonds. The molecule has 0 aromatic rings. The van der Waals surface area contributed by atoms with Gasteiger partial charge in [0.15, 0.2) is 0 Å². The third-order valence-electron chi connectivity index (χ3n) is 11.3. The lowest BCUT2D eigenvalue weighted by molar-refractivity contribution is 0.0660. The maximum Gasteiger partial charge on any atom is 0.483 e. The molecule has 1 saturated heterocycles. The number of rotatable bonds is 40. The molecule has 0 aliphatic carbocycles. The second-order valence-electron chi connectivity index (χ2n) is 18.9. The van der Waals surface area contributed by atoms with Crippen molar-refractivity contribution in [3.8, 4) is 0 Å². The Hall–Kier alpha value is 0.988. The minimum absolute atomic E-state index is 0.0929. The molecule has 0 atom stereocenters. The summed E-state index contributed by atoms with van der Waals surface area (Å²) in [5, 5.41) is 8.04. The molecule has 24 nitrogen and oxygen atoms in total. The SMILES string of the molecule is CCOP(=O)(OCC)C(C)(C)NCCC[Si]1(O)O[Si](O)(CCCNC(C)(C)P(=O)(OCC)OCC)O[Si](O)(CCCNC(C)(C)P(=O)(OCC)OCC)O[Si](O)(CCCNC(C)(C)P(=O)(OCC)OCC)O1. The minimum atomic E-state index is -4.79. The molecule has 1 fully saturated rings. The van der Waals surface area contributed by atoms with Crippen LogP contribution in [0.1, 0.15) is 136 Å². The van der Waals surface area contributed by atoms with Crippen LogP contribution in [0.15, 0.2) is 0 Å². The molecule has 8 N–H and O–H groups in total. The molecule has 0 unspecified atom stereocenters. The summed E-state index contributed by atoms with van der Waals surface area (Å²) in [7, 11) is -33.9. The van der Waals surface area contributed by atoms with Crippen LogP contribution in [0, 0.1) is 0 Å². The van der Waals surface area contributed by atoms with E-state index < -0.39 is 86.7 Å². The maximum absolute atomic E-state index is 13.8. The molecule has 72 heavy (non-hydrogen) atoms. The highest BCUT2D eigenvalue weighted by Gasteiger charge is 2.64. The first-order valence-corrected chi connectivity index (χ1v) is 39.5. The Morgan fingerprint density at radius 3 is 0.597 bits per heavy atom. The predicted octanol–water partition coefficient (Wildman–Crippen LogP) is 7.72. The van der Waals surface area contributed by atoms with Gasteiger partial charge in [-0.2, -0.15) is 0 Å². The molecule has 0 bridgehead atoms. The van der Waals surface area contributed by atoms with Gasteiger partial charge in [0, 0.05) is 24.2 Å². The molecule has 1 aliphatic rings. The van der Waals surface area contributed by atoms with Gasteiger partial charge in [0.2, 0.25) is 0 Å². The summed E-state index contributed by atoms with van der Waals surface area (Å²) < 4.78 is 125. The fraction of sp³-hybridized carbons (Fsp3) is 1.00. The summed E-state index contributed by atoms with van der Waals surface area (Å²) in [6.07, 6.45) is 0.372. The van der Waals surface area contributed by atoms with E-state index >= 15 is 0 Å². The molecular formula is C40H96N4O20P4Si4. The fourth-order valence-electron chi connectivity index (χ4n) is 7.50. The van der Waals surface area contributed by atoms with E-state index in [9.17, 15) is 37.4 Å². The summed E-state index contributed by atoms with van der Waals surface area (Å²) >= 11 is 0.